The number of Topliss-reactive ketones (excluding diaryl/α,β-unsaturated/α-hetero) is 1. The van der Waals surface area contributed by atoms with Gasteiger partial charge >= 0.3 is 0 Å². The zero-order chi connectivity index (χ0) is 13.8. The third-order valence-electron chi connectivity index (χ3n) is 3.38. The van der Waals surface area contributed by atoms with Crippen LogP contribution < -0.4 is 16.0 Å². The van der Waals surface area contributed by atoms with Gasteiger partial charge in [-0.3, -0.25) is 9.59 Å². The van der Waals surface area contributed by atoms with Crippen molar-refractivity contribution in [3.05, 3.63) is 29.8 Å². The van der Waals surface area contributed by atoms with E-state index in [0.717, 1.165) is 18.7 Å². The van der Waals surface area contributed by atoms with Crippen molar-refractivity contribution in [2.24, 2.45) is 5.73 Å². The van der Waals surface area contributed by atoms with E-state index in [1.165, 1.54) is 6.92 Å². The van der Waals surface area contributed by atoms with Gasteiger partial charge in [-0.25, -0.2) is 0 Å². The van der Waals surface area contributed by atoms with Crippen LogP contribution in [-0.4, -0.2) is 37.4 Å². The fraction of sp³-hybridized carbons (Fsp3) is 0.429. The van der Waals surface area contributed by atoms with Crippen LogP contribution in [0, 0.1) is 0 Å². The molecule has 1 aliphatic heterocycles. The molecule has 19 heavy (non-hydrogen) atoms. The summed E-state index contributed by atoms with van der Waals surface area (Å²) in [6, 6.07) is 6.98. The van der Waals surface area contributed by atoms with Crippen LogP contribution in [0.4, 0.5) is 5.69 Å². The fourth-order valence-electron chi connectivity index (χ4n) is 2.31. The lowest BCUT2D eigenvalue weighted by atomic mass is 10.1. The number of anilines is 1. The molecule has 0 saturated carbocycles. The van der Waals surface area contributed by atoms with E-state index in [1.807, 2.05) is 17.0 Å². The molecule has 1 heterocycles. The minimum absolute atomic E-state index is 0.0318. The first-order chi connectivity index (χ1) is 9.13. The molecular weight excluding hydrogens is 242 g/mol. The molecule has 0 radical (unpaired) electrons. The second kappa shape index (κ2) is 5.84. The number of hydrogen-bond donors (Lipinski definition) is 2. The molecule has 1 aliphatic rings. The van der Waals surface area contributed by atoms with Crippen molar-refractivity contribution in [2.45, 2.75) is 19.4 Å². The molecule has 1 aromatic carbocycles. The maximum atomic E-state index is 11.9. The van der Waals surface area contributed by atoms with Gasteiger partial charge in [-0.15, -0.1) is 0 Å². The SMILES string of the molecule is CC(=O)c1ccc(N2CCCNC(=O)C2CN)cc1. The summed E-state index contributed by atoms with van der Waals surface area (Å²) in [4.78, 5) is 25.2. The average Bonchev–Trinajstić information content (AvgIpc) is 2.60. The molecule has 0 spiro atoms. The standard InChI is InChI=1S/C14H19N3O2/c1-10(18)11-3-5-12(6-4-11)17-8-2-7-16-14(19)13(17)9-15/h3-6,13H,2,7-9,15H2,1H3,(H,16,19). The van der Waals surface area contributed by atoms with Gasteiger partial charge < -0.3 is 16.0 Å². The van der Waals surface area contributed by atoms with Gasteiger partial charge in [0, 0.05) is 30.9 Å². The number of amides is 1. The molecule has 5 nitrogen and oxygen atoms in total. The van der Waals surface area contributed by atoms with Gasteiger partial charge in [-0.05, 0) is 37.6 Å². The van der Waals surface area contributed by atoms with Crippen molar-refractivity contribution < 1.29 is 9.59 Å². The number of nitrogens with one attached hydrogen (secondary N) is 1. The van der Waals surface area contributed by atoms with Gasteiger partial charge in [0.15, 0.2) is 5.78 Å². The molecule has 3 N–H and O–H groups in total. The van der Waals surface area contributed by atoms with Gasteiger partial charge in [0.25, 0.3) is 0 Å². The predicted octanol–water partition coefficient (Wildman–Crippen LogP) is 0.543. The van der Waals surface area contributed by atoms with Crippen LogP contribution in [-0.2, 0) is 4.79 Å². The molecule has 0 aliphatic carbocycles. The lowest BCUT2D eigenvalue weighted by molar-refractivity contribution is -0.121. The van der Waals surface area contributed by atoms with E-state index >= 15 is 0 Å². The van der Waals surface area contributed by atoms with E-state index in [9.17, 15) is 9.59 Å². The van der Waals surface area contributed by atoms with Crippen LogP contribution in [0.3, 0.4) is 0 Å². The molecular formula is C14H19N3O2. The summed E-state index contributed by atoms with van der Waals surface area (Å²) in [5, 5.41) is 2.86. The van der Waals surface area contributed by atoms with Gasteiger partial charge in [-0.2, -0.15) is 0 Å². The van der Waals surface area contributed by atoms with Gasteiger partial charge in [0.05, 0.1) is 0 Å². The molecule has 1 atom stereocenters. The topological polar surface area (TPSA) is 75.4 Å². The summed E-state index contributed by atoms with van der Waals surface area (Å²) < 4.78 is 0. The van der Waals surface area contributed by atoms with Crippen LogP contribution in [0.15, 0.2) is 24.3 Å². The van der Waals surface area contributed by atoms with Crippen molar-refractivity contribution >= 4 is 17.4 Å². The number of hydrogen-bond acceptors (Lipinski definition) is 4. The highest BCUT2D eigenvalue weighted by molar-refractivity contribution is 5.94. The monoisotopic (exact) mass is 261 g/mol. The van der Waals surface area contributed by atoms with Gasteiger partial charge in [0.2, 0.25) is 5.91 Å². The van der Waals surface area contributed by atoms with Gasteiger partial charge in [0.1, 0.15) is 6.04 Å². The van der Waals surface area contributed by atoms with Crippen molar-refractivity contribution in [1.82, 2.24) is 5.32 Å². The van der Waals surface area contributed by atoms with E-state index in [0.29, 0.717) is 12.1 Å². The summed E-state index contributed by atoms with van der Waals surface area (Å²) in [6.07, 6.45) is 0.886. The van der Waals surface area contributed by atoms with Crippen LogP contribution in [0.25, 0.3) is 0 Å². The number of ketones is 1. The molecule has 0 bridgehead atoms. The predicted molar refractivity (Wildman–Crippen MR) is 74.3 cm³/mol. The average molecular weight is 261 g/mol. The highest BCUT2D eigenvalue weighted by atomic mass is 16.2. The molecule has 1 fully saturated rings. The van der Waals surface area contributed by atoms with Crippen LogP contribution >= 0.6 is 0 Å². The van der Waals surface area contributed by atoms with E-state index in [1.54, 1.807) is 12.1 Å². The minimum Gasteiger partial charge on any atom is -0.358 e. The van der Waals surface area contributed by atoms with E-state index in [2.05, 4.69) is 5.32 Å². The normalized spacial score (nSPS) is 19.8. The lowest BCUT2D eigenvalue weighted by Crippen LogP contribution is -2.49. The maximum absolute atomic E-state index is 11.9. The maximum Gasteiger partial charge on any atom is 0.244 e. The Morgan fingerprint density at radius 3 is 2.68 bits per heavy atom. The minimum atomic E-state index is -0.342. The van der Waals surface area contributed by atoms with Crippen LogP contribution in [0.1, 0.15) is 23.7 Å². The number of nitrogens with zero attached hydrogens (tertiary/aromatic N) is 1. The fourth-order valence-corrected chi connectivity index (χ4v) is 2.31. The Balaban J connectivity index is 2.26. The Kier molecular flexibility index (Phi) is 4.16. The number of carbonyl (C=O) groups is 2. The largest absolute Gasteiger partial charge is 0.358 e. The summed E-state index contributed by atoms with van der Waals surface area (Å²) >= 11 is 0. The van der Waals surface area contributed by atoms with E-state index in [4.69, 9.17) is 5.73 Å². The Labute approximate surface area is 112 Å². The number of carbonyl (C=O) groups excluding carboxylic acids is 2. The zero-order valence-electron chi connectivity index (χ0n) is 11.1. The summed E-state index contributed by atoms with van der Waals surface area (Å²) in [6.45, 7) is 3.27. The first-order valence-electron chi connectivity index (χ1n) is 6.49. The molecule has 2 rings (SSSR count). The zero-order valence-corrected chi connectivity index (χ0v) is 11.1. The highest BCUT2D eigenvalue weighted by Gasteiger charge is 2.26. The van der Waals surface area contributed by atoms with Crippen LogP contribution in [0.5, 0.6) is 0 Å². The molecule has 5 heteroatoms. The second-order valence-corrected chi connectivity index (χ2v) is 4.69. The molecule has 1 aromatic rings. The summed E-state index contributed by atoms with van der Waals surface area (Å²) in [5.74, 6) is 0.00572. The van der Waals surface area contributed by atoms with E-state index < -0.39 is 0 Å². The smallest absolute Gasteiger partial charge is 0.244 e. The molecule has 1 saturated heterocycles. The first kappa shape index (κ1) is 13.5. The Bertz CT molecular complexity index is 470. The number of benzene rings is 1. The molecule has 1 amide bonds. The summed E-state index contributed by atoms with van der Waals surface area (Å²) in [7, 11) is 0. The Morgan fingerprint density at radius 2 is 2.11 bits per heavy atom. The first-order valence-corrected chi connectivity index (χ1v) is 6.49. The molecule has 0 aromatic heterocycles. The lowest BCUT2D eigenvalue weighted by Gasteiger charge is -2.29. The van der Waals surface area contributed by atoms with Crippen LogP contribution in [0.2, 0.25) is 0 Å². The van der Waals surface area contributed by atoms with Crippen molar-refractivity contribution in [2.75, 3.05) is 24.5 Å². The third-order valence-corrected chi connectivity index (χ3v) is 3.38. The number of rotatable bonds is 3. The van der Waals surface area contributed by atoms with Gasteiger partial charge in [-0.1, -0.05) is 0 Å². The Hall–Kier alpha value is -1.88. The van der Waals surface area contributed by atoms with Crippen molar-refractivity contribution in [1.29, 1.82) is 0 Å². The van der Waals surface area contributed by atoms with Crippen molar-refractivity contribution in [3.63, 3.8) is 0 Å². The van der Waals surface area contributed by atoms with Crippen molar-refractivity contribution in [3.8, 4) is 0 Å². The Morgan fingerprint density at radius 1 is 1.42 bits per heavy atom. The van der Waals surface area contributed by atoms with E-state index in [-0.39, 0.29) is 24.3 Å². The molecule has 1 unspecified atom stereocenters. The second-order valence-electron chi connectivity index (χ2n) is 4.69. The quantitative estimate of drug-likeness (QED) is 0.779. The third kappa shape index (κ3) is 2.93. The number of nitrogens with two attached hydrogens (primary N) is 1. The summed E-state index contributed by atoms with van der Waals surface area (Å²) in [5.41, 5.74) is 7.31. The molecule has 102 valence electrons. The highest BCUT2D eigenvalue weighted by Crippen LogP contribution is 2.19.